The minimum absolute atomic E-state index is 0.0355. The van der Waals surface area contributed by atoms with Crippen LogP contribution in [0.1, 0.15) is 42.5 Å². The molecule has 1 saturated carbocycles. The number of benzene rings is 1. The van der Waals surface area contributed by atoms with E-state index in [4.69, 9.17) is 4.74 Å². The van der Waals surface area contributed by atoms with Crippen molar-refractivity contribution in [2.45, 2.75) is 37.0 Å². The highest BCUT2D eigenvalue weighted by Crippen LogP contribution is 2.36. The number of piperidine rings is 1. The second-order valence-corrected chi connectivity index (χ2v) is 9.94. The van der Waals surface area contributed by atoms with E-state index >= 15 is 0 Å². The van der Waals surface area contributed by atoms with Crippen molar-refractivity contribution in [3.05, 3.63) is 29.6 Å². The lowest BCUT2D eigenvalue weighted by atomic mass is 9.75. The quantitative estimate of drug-likeness (QED) is 0.768. The maximum Gasteiger partial charge on any atom is 0.256 e. The van der Waals surface area contributed by atoms with Crippen LogP contribution in [0.15, 0.2) is 23.1 Å². The van der Waals surface area contributed by atoms with E-state index in [1.165, 1.54) is 35.7 Å². The summed E-state index contributed by atoms with van der Waals surface area (Å²) in [5, 5.41) is 0. The molecule has 0 aromatic heterocycles. The van der Waals surface area contributed by atoms with E-state index in [9.17, 15) is 17.6 Å². The molecule has 3 aliphatic rings. The van der Waals surface area contributed by atoms with Crippen molar-refractivity contribution in [2.24, 2.45) is 11.8 Å². The molecule has 0 spiro atoms. The number of hydrogen-bond donors (Lipinski definition) is 0. The number of sulfonamides is 1. The second-order valence-electron chi connectivity index (χ2n) is 8.00. The number of fused-ring (bicyclic) bond motifs is 1. The van der Waals surface area contributed by atoms with E-state index < -0.39 is 21.7 Å². The molecule has 1 aromatic carbocycles. The molecule has 2 saturated heterocycles. The summed E-state index contributed by atoms with van der Waals surface area (Å²) in [5.74, 6) is 0.0719. The molecule has 8 heteroatoms. The lowest BCUT2D eigenvalue weighted by Crippen LogP contribution is -2.45. The summed E-state index contributed by atoms with van der Waals surface area (Å²) in [6.07, 6.45) is 5.72. The van der Waals surface area contributed by atoms with Crippen LogP contribution >= 0.6 is 0 Å². The van der Waals surface area contributed by atoms with Gasteiger partial charge in [-0.25, -0.2) is 12.8 Å². The Balaban J connectivity index is 1.56. The number of halogens is 1. The molecule has 4 rings (SSSR count). The molecular formula is C20H27FN2O4S. The smallest absolute Gasteiger partial charge is 0.256 e. The molecule has 2 aliphatic heterocycles. The maximum atomic E-state index is 14.5. The standard InChI is InChI=1S/C20H27FN2O4S/c21-19-6-5-17(28(25,26)23-9-11-27-12-10-23)13-18(19)20(24)22-8-7-15-3-1-2-4-16(15)14-22/h5-6,13,15-16H,1-4,7-12,14H2/t15-,16+/m1/s1. The van der Waals surface area contributed by atoms with E-state index in [0.717, 1.165) is 18.9 Å². The molecule has 1 aromatic rings. The van der Waals surface area contributed by atoms with Crippen molar-refractivity contribution in [3.63, 3.8) is 0 Å². The van der Waals surface area contributed by atoms with Crippen LogP contribution in [0.2, 0.25) is 0 Å². The molecule has 1 aliphatic carbocycles. The predicted octanol–water partition coefficient (Wildman–Crippen LogP) is 2.50. The third-order valence-corrected chi connectivity index (χ3v) is 8.25. The Labute approximate surface area is 165 Å². The van der Waals surface area contributed by atoms with Gasteiger partial charge in [-0.2, -0.15) is 4.31 Å². The Hall–Kier alpha value is -1.51. The molecule has 2 atom stereocenters. The summed E-state index contributed by atoms with van der Waals surface area (Å²) in [6.45, 7) is 2.45. The minimum Gasteiger partial charge on any atom is -0.379 e. The molecule has 1 amide bonds. The fourth-order valence-electron chi connectivity index (χ4n) is 4.72. The average Bonchev–Trinajstić information content (AvgIpc) is 2.73. The van der Waals surface area contributed by atoms with Crippen molar-refractivity contribution >= 4 is 15.9 Å². The van der Waals surface area contributed by atoms with E-state index in [-0.39, 0.29) is 23.5 Å². The molecular weight excluding hydrogens is 383 g/mol. The Morgan fingerprint density at radius 2 is 1.75 bits per heavy atom. The highest BCUT2D eigenvalue weighted by Gasteiger charge is 2.34. The zero-order valence-electron chi connectivity index (χ0n) is 16.0. The van der Waals surface area contributed by atoms with Gasteiger partial charge in [-0.1, -0.05) is 19.3 Å². The molecule has 2 heterocycles. The zero-order valence-corrected chi connectivity index (χ0v) is 16.8. The van der Waals surface area contributed by atoms with Crippen LogP contribution in [0.4, 0.5) is 4.39 Å². The van der Waals surface area contributed by atoms with Gasteiger partial charge in [0.25, 0.3) is 5.91 Å². The van der Waals surface area contributed by atoms with Crippen LogP contribution in [-0.2, 0) is 14.8 Å². The van der Waals surface area contributed by atoms with Gasteiger partial charge >= 0.3 is 0 Å². The summed E-state index contributed by atoms with van der Waals surface area (Å²) < 4.78 is 46.7. The molecule has 0 unspecified atom stereocenters. The van der Waals surface area contributed by atoms with Gasteiger partial charge in [0, 0.05) is 26.2 Å². The normalized spacial score (nSPS) is 26.7. The topological polar surface area (TPSA) is 66.9 Å². The highest BCUT2D eigenvalue weighted by molar-refractivity contribution is 7.89. The fourth-order valence-corrected chi connectivity index (χ4v) is 6.16. The number of carbonyl (C=O) groups excluding carboxylic acids is 1. The van der Waals surface area contributed by atoms with E-state index in [2.05, 4.69) is 0 Å². The first-order chi connectivity index (χ1) is 13.5. The van der Waals surface area contributed by atoms with Crippen molar-refractivity contribution < 1.29 is 22.3 Å². The Bertz CT molecular complexity index is 839. The largest absolute Gasteiger partial charge is 0.379 e. The Morgan fingerprint density at radius 1 is 1.04 bits per heavy atom. The van der Waals surface area contributed by atoms with Crippen LogP contribution in [0.25, 0.3) is 0 Å². The average molecular weight is 411 g/mol. The zero-order chi connectivity index (χ0) is 19.7. The van der Waals surface area contributed by atoms with Gasteiger partial charge in [-0.3, -0.25) is 4.79 Å². The first kappa shape index (κ1) is 19.8. The van der Waals surface area contributed by atoms with Crippen LogP contribution in [0, 0.1) is 17.7 Å². The summed E-state index contributed by atoms with van der Waals surface area (Å²) >= 11 is 0. The van der Waals surface area contributed by atoms with Crippen molar-refractivity contribution in [3.8, 4) is 0 Å². The first-order valence-corrected chi connectivity index (χ1v) is 11.6. The summed E-state index contributed by atoms with van der Waals surface area (Å²) in [4.78, 5) is 14.7. The molecule has 0 N–H and O–H groups in total. The summed E-state index contributed by atoms with van der Waals surface area (Å²) in [6, 6.07) is 3.54. The van der Waals surface area contributed by atoms with Gasteiger partial charge in [0.2, 0.25) is 10.0 Å². The van der Waals surface area contributed by atoms with Crippen molar-refractivity contribution in [1.29, 1.82) is 0 Å². The first-order valence-electron chi connectivity index (χ1n) is 10.1. The third kappa shape index (κ3) is 3.82. The van der Waals surface area contributed by atoms with Crippen molar-refractivity contribution in [2.75, 3.05) is 39.4 Å². The number of likely N-dealkylation sites (tertiary alicyclic amines) is 1. The third-order valence-electron chi connectivity index (χ3n) is 6.35. The van der Waals surface area contributed by atoms with Gasteiger partial charge < -0.3 is 9.64 Å². The number of hydrogen-bond acceptors (Lipinski definition) is 4. The van der Waals surface area contributed by atoms with Gasteiger partial charge in [-0.15, -0.1) is 0 Å². The molecule has 3 fully saturated rings. The summed E-state index contributed by atoms with van der Waals surface area (Å²) in [7, 11) is -3.77. The van der Waals surface area contributed by atoms with Gasteiger partial charge in [0.05, 0.1) is 23.7 Å². The van der Waals surface area contributed by atoms with Gasteiger partial charge in [0.1, 0.15) is 5.82 Å². The number of rotatable bonds is 3. The monoisotopic (exact) mass is 410 g/mol. The Kier molecular flexibility index (Phi) is 5.71. The second kappa shape index (κ2) is 8.08. The molecule has 28 heavy (non-hydrogen) atoms. The number of carbonyl (C=O) groups is 1. The summed E-state index contributed by atoms with van der Waals surface area (Å²) in [5.41, 5.74) is -0.149. The van der Waals surface area contributed by atoms with E-state index in [1.807, 2.05) is 0 Å². The van der Waals surface area contributed by atoms with Crippen LogP contribution in [0.3, 0.4) is 0 Å². The number of ether oxygens (including phenoxy) is 1. The predicted molar refractivity (Wildman–Crippen MR) is 102 cm³/mol. The minimum atomic E-state index is -3.77. The lowest BCUT2D eigenvalue weighted by molar-refractivity contribution is 0.0516. The van der Waals surface area contributed by atoms with Crippen molar-refractivity contribution in [1.82, 2.24) is 9.21 Å². The van der Waals surface area contributed by atoms with Gasteiger partial charge in [-0.05, 0) is 42.9 Å². The number of morpholine rings is 1. The van der Waals surface area contributed by atoms with Crippen LogP contribution < -0.4 is 0 Å². The van der Waals surface area contributed by atoms with E-state index in [1.54, 1.807) is 4.90 Å². The Morgan fingerprint density at radius 3 is 2.50 bits per heavy atom. The molecule has 0 radical (unpaired) electrons. The fraction of sp³-hybridized carbons (Fsp3) is 0.650. The van der Waals surface area contributed by atoms with Crippen LogP contribution in [-0.4, -0.2) is 62.9 Å². The molecule has 0 bridgehead atoms. The lowest BCUT2D eigenvalue weighted by Gasteiger charge is -2.41. The number of amides is 1. The highest BCUT2D eigenvalue weighted by atomic mass is 32.2. The van der Waals surface area contributed by atoms with Crippen LogP contribution in [0.5, 0.6) is 0 Å². The van der Waals surface area contributed by atoms with Gasteiger partial charge in [0.15, 0.2) is 0 Å². The van der Waals surface area contributed by atoms with E-state index in [0.29, 0.717) is 38.1 Å². The number of nitrogens with zero attached hydrogens (tertiary/aromatic N) is 2. The maximum absolute atomic E-state index is 14.5. The SMILES string of the molecule is O=C(c1cc(S(=O)(=O)N2CCOCC2)ccc1F)N1CC[C@H]2CCCC[C@H]2C1. The molecule has 154 valence electrons. The molecule has 6 nitrogen and oxygen atoms in total.